The van der Waals surface area contributed by atoms with E-state index in [-0.39, 0.29) is 6.61 Å². The highest BCUT2D eigenvalue weighted by Gasteiger charge is 2.14. The Hall–Kier alpha value is -2.86. The molecular weight excluding hydrogens is 350 g/mol. The summed E-state index contributed by atoms with van der Waals surface area (Å²) in [6, 6.07) is 15.0. The number of para-hydroxylation sites is 1. The molecule has 0 radical (unpaired) electrons. The van der Waals surface area contributed by atoms with Gasteiger partial charge in [0.05, 0.1) is 13.7 Å². The SMILES string of the molecule is CCOc1ccccc1COC(=O)c1csc(-c2ccc(OC)cc2)n1. The predicted octanol–water partition coefficient (Wildman–Crippen LogP) is 4.57. The number of ether oxygens (including phenoxy) is 3. The third kappa shape index (κ3) is 4.21. The van der Waals surface area contributed by atoms with Crippen LogP contribution in [0.3, 0.4) is 0 Å². The largest absolute Gasteiger partial charge is 0.497 e. The first-order valence-electron chi connectivity index (χ1n) is 8.19. The Balaban J connectivity index is 1.66. The maximum absolute atomic E-state index is 12.3. The zero-order valence-corrected chi connectivity index (χ0v) is 15.4. The van der Waals surface area contributed by atoms with Crippen LogP contribution in [0, 0.1) is 0 Å². The number of carbonyl (C=O) groups is 1. The van der Waals surface area contributed by atoms with E-state index in [0.29, 0.717) is 12.3 Å². The Labute approximate surface area is 156 Å². The van der Waals surface area contributed by atoms with Gasteiger partial charge in [-0.1, -0.05) is 18.2 Å². The number of esters is 1. The summed E-state index contributed by atoms with van der Waals surface area (Å²) in [7, 11) is 1.62. The summed E-state index contributed by atoms with van der Waals surface area (Å²) in [6.07, 6.45) is 0. The van der Waals surface area contributed by atoms with Crippen LogP contribution in [0.15, 0.2) is 53.9 Å². The Morgan fingerprint density at radius 1 is 1.12 bits per heavy atom. The summed E-state index contributed by atoms with van der Waals surface area (Å²) in [5.41, 5.74) is 2.06. The van der Waals surface area contributed by atoms with Crippen molar-refractivity contribution in [1.29, 1.82) is 0 Å². The molecule has 0 N–H and O–H groups in total. The van der Waals surface area contributed by atoms with Gasteiger partial charge in [-0.25, -0.2) is 9.78 Å². The fourth-order valence-corrected chi connectivity index (χ4v) is 3.17. The van der Waals surface area contributed by atoms with Crippen LogP contribution in [-0.2, 0) is 11.3 Å². The Morgan fingerprint density at radius 2 is 1.88 bits per heavy atom. The maximum atomic E-state index is 12.3. The molecule has 0 bridgehead atoms. The highest BCUT2D eigenvalue weighted by atomic mass is 32.1. The predicted molar refractivity (Wildman–Crippen MR) is 101 cm³/mol. The first-order chi connectivity index (χ1) is 12.7. The lowest BCUT2D eigenvalue weighted by Gasteiger charge is -2.09. The van der Waals surface area contributed by atoms with Gasteiger partial charge in [0.25, 0.3) is 0 Å². The van der Waals surface area contributed by atoms with Crippen molar-refractivity contribution in [2.75, 3.05) is 13.7 Å². The molecule has 1 heterocycles. The van der Waals surface area contributed by atoms with E-state index in [1.54, 1.807) is 12.5 Å². The summed E-state index contributed by atoms with van der Waals surface area (Å²) in [6.45, 7) is 2.62. The molecule has 0 spiro atoms. The average Bonchev–Trinajstić information content (AvgIpc) is 3.18. The van der Waals surface area contributed by atoms with Crippen LogP contribution in [0.5, 0.6) is 11.5 Å². The molecule has 0 aliphatic heterocycles. The van der Waals surface area contributed by atoms with Crippen LogP contribution in [0.2, 0.25) is 0 Å². The van der Waals surface area contributed by atoms with Gasteiger partial charge in [0.2, 0.25) is 0 Å². The average molecular weight is 369 g/mol. The number of thiazole rings is 1. The second kappa shape index (κ2) is 8.49. The Morgan fingerprint density at radius 3 is 2.62 bits per heavy atom. The van der Waals surface area contributed by atoms with E-state index in [0.717, 1.165) is 27.6 Å². The maximum Gasteiger partial charge on any atom is 0.358 e. The summed E-state index contributed by atoms with van der Waals surface area (Å²) >= 11 is 1.40. The molecule has 5 nitrogen and oxygen atoms in total. The van der Waals surface area contributed by atoms with E-state index in [1.165, 1.54) is 11.3 Å². The second-order valence-electron chi connectivity index (χ2n) is 5.38. The van der Waals surface area contributed by atoms with Gasteiger partial charge >= 0.3 is 5.97 Å². The van der Waals surface area contributed by atoms with Gasteiger partial charge in [-0.05, 0) is 37.3 Å². The van der Waals surface area contributed by atoms with E-state index >= 15 is 0 Å². The number of aromatic nitrogens is 1. The minimum absolute atomic E-state index is 0.143. The minimum Gasteiger partial charge on any atom is -0.497 e. The summed E-state index contributed by atoms with van der Waals surface area (Å²) in [5, 5.41) is 2.46. The normalized spacial score (nSPS) is 10.4. The quantitative estimate of drug-likeness (QED) is 0.571. The lowest BCUT2D eigenvalue weighted by atomic mass is 10.2. The molecule has 0 atom stereocenters. The summed E-state index contributed by atoms with van der Waals surface area (Å²) in [5.74, 6) is 1.05. The molecule has 1 aromatic heterocycles. The van der Waals surface area contributed by atoms with E-state index in [1.807, 2.05) is 55.5 Å². The van der Waals surface area contributed by atoms with Crippen molar-refractivity contribution >= 4 is 17.3 Å². The summed E-state index contributed by atoms with van der Waals surface area (Å²) in [4.78, 5) is 16.7. The van der Waals surface area contributed by atoms with Crippen LogP contribution < -0.4 is 9.47 Å². The van der Waals surface area contributed by atoms with Crippen LogP contribution in [-0.4, -0.2) is 24.7 Å². The number of hydrogen-bond donors (Lipinski definition) is 0. The van der Waals surface area contributed by atoms with E-state index in [2.05, 4.69) is 4.98 Å². The molecule has 6 heteroatoms. The summed E-state index contributed by atoms with van der Waals surface area (Å²) < 4.78 is 16.1. The first kappa shape index (κ1) is 17.9. The number of rotatable bonds is 7. The van der Waals surface area contributed by atoms with Gasteiger partial charge in [0, 0.05) is 16.5 Å². The van der Waals surface area contributed by atoms with Gasteiger partial charge in [-0.15, -0.1) is 11.3 Å². The van der Waals surface area contributed by atoms with Crippen molar-refractivity contribution in [3.05, 3.63) is 65.2 Å². The molecule has 3 rings (SSSR count). The molecular formula is C20H19NO4S. The number of methoxy groups -OCH3 is 1. The van der Waals surface area contributed by atoms with Gasteiger partial charge in [0.1, 0.15) is 23.1 Å². The fourth-order valence-electron chi connectivity index (χ4n) is 2.37. The molecule has 0 saturated heterocycles. The molecule has 0 amide bonds. The third-order valence-corrected chi connectivity index (χ3v) is 4.57. The Bertz CT molecular complexity index is 874. The van der Waals surface area contributed by atoms with E-state index < -0.39 is 5.97 Å². The van der Waals surface area contributed by atoms with Gasteiger partial charge in [0.15, 0.2) is 5.69 Å². The second-order valence-corrected chi connectivity index (χ2v) is 6.24. The molecule has 0 unspecified atom stereocenters. The zero-order valence-electron chi connectivity index (χ0n) is 14.6. The minimum atomic E-state index is -0.452. The molecule has 2 aromatic carbocycles. The number of benzene rings is 2. The van der Waals surface area contributed by atoms with E-state index in [4.69, 9.17) is 14.2 Å². The smallest absolute Gasteiger partial charge is 0.358 e. The van der Waals surface area contributed by atoms with E-state index in [9.17, 15) is 4.79 Å². The van der Waals surface area contributed by atoms with Crippen LogP contribution in [0.1, 0.15) is 23.0 Å². The highest BCUT2D eigenvalue weighted by Crippen LogP contribution is 2.26. The molecule has 0 saturated carbocycles. The van der Waals surface area contributed by atoms with Gasteiger partial charge < -0.3 is 14.2 Å². The number of carbonyl (C=O) groups excluding carboxylic acids is 1. The number of nitrogens with zero attached hydrogens (tertiary/aromatic N) is 1. The Kier molecular flexibility index (Phi) is 5.86. The van der Waals surface area contributed by atoms with Crippen molar-refractivity contribution in [3.63, 3.8) is 0 Å². The van der Waals surface area contributed by atoms with Crippen molar-refractivity contribution in [2.24, 2.45) is 0 Å². The molecule has 0 aliphatic carbocycles. The van der Waals surface area contributed by atoms with Crippen molar-refractivity contribution in [2.45, 2.75) is 13.5 Å². The fraction of sp³-hybridized carbons (Fsp3) is 0.200. The van der Waals surface area contributed by atoms with Crippen LogP contribution in [0.4, 0.5) is 0 Å². The first-order valence-corrected chi connectivity index (χ1v) is 9.07. The van der Waals surface area contributed by atoms with Crippen LogP contribution in [0.25, 0.3) is 10.6 Å². The lowest BCUT2D eigenvalue weighted by Crippen LogP contribution is -2.07. The van der Waals surface area contributed by atoms with Crippen molar-refractivity contribution < 1.29 is 19.0 Å². The molecule has 3 aromatic rings. The molecule has 26 heavy (non-hydrogen) atoms. The standard InChI is InChI=1S/C20H19NO4S/c1-3-24-18-7-5-4-6-15(18)12-25-20(22)17-13-26-19(21-17)14-8-10-16(23-2)11-9-14/h4-11,13H,3,12H2,1-2H3. The van der Waals surface area contributed by atoms with Crippen molar-refractivity contribution in [3.8, 4) is 22.1 Å². The molecule has 0 fully saturated rings. The topological polar surface area (TPSA) is 57.7 Å². The van der Waals surface area contributed by atoms with Gasteiger partial charge in [-0.2, -0.15) is 0 Å². The lowest BCUT2D eigenvalue weighted by molar-refractivity contribution is 0.0463. The van der Waals surface area contributed by atoms with Crippen molar-refractivity contribution in [1.82, 2.24) is 4.98 Å². The highest BCUT2D eigenvalue weighted by molar-refractivity contribution is 7.13. The molecule has 134 valence electrons. The molecule has 0 aliphatic rings. The monoisotopic (exact) mass is 369 g/mol. The van der Waals surface area contributed by atoms with Crippen LogP contribution >= 0.6 is 11.3 Å². The number of hydrogen-bond acceptors (Lipinski definition) is 6. The zero-order chi connectivity index (χ0) is 18.4. The van der Waals surface area contributed by atoms with Gasteiger partial charge in [-0.3, -0.25) is 0 Å². The third-order valence-electron chi connectivity index (χ3n) is 3.68.